The van der Waals surface area contributed by atoms with Crippen LogP contribution < -0.4 is 5.32 Å². The van der Waals surface area contributed by atoms with Crippen molar-refractivity contribution in [3.05, 3.63) is 34.9 Å². The van der Waals surface area contributed by atoms with Crippen LogP contribution in [-0.4, -0.2) is 30.6 Å². The van der Waals surface area contributed by atoms with Crippen LogP contribution in [0.25, 0.3) is 0 Å². The summed E-state index contributed by atoms with van der Waals surface area (Å²) in [4.78, 5) is 2.51. The third-order valence-electron chi connectivity index (χ3n) is 3.54. The first-order valence-electron chi connectivity index (χ1n) is 6.48. The molecule has 2 rings (SSSR count). The molecule has 1 aromatic carbocycles. The second-order valence-electron chi connectivity index (χ2n) is 4.72. The van der Waals surface area contributed by atoms with Crippen molar-refractivity contribution in [1.82, 2.24) is 10.2 Å². The quantitative estimate of drug-likeness (QED) is 0.887. The first-order valence-corrected chi connectivity index (χ1v) is 6.86. The molecule has 0 aliphatic carbocycles. The highest BCUT2D eigenvalue weighted by molar-refractivity contribution is 6.30. The average molecular weight is 253 g/mol. The molecule has 1 aliphatic rings. The third-order valence-corrected chi connectivity index (χ3v) is 3.79. The van der Waals surface area contributed by atoms with Gasteiger partial charge >= 0.3 is 0 Å². The first kappa shape index (κ1) is 12.9. The Morgan fingerprint density at radius 1 is 1.24 bits per heavy atom. The summed E-state index contributed by atoms with van der Waals surface area (Å²) in [6.07, 6.45) is 2.53. The summed E-state index contributed by atoms with van der Waals surface area (Å²) in [5.74, 6) is 0. The summed E-state index contributed by atoms with van der Waals surface area (Å²) in [7, 11) is 0. The van der Waals surface area contributed by atoms with E-state index in [1.165, 1.54) is 38.0 Å². The van der Waals surface area contributed by atoms with Gasteiger partial charge in [-0.3, -0.25) is 0 Å². The molecular formula is C14H21ClN2. The molecule has 0 aromatic heterocycles. The van der Waals surface area contributed by atoms with E-state index in [4.69, 9.17) is 11.6 Å². The number of rotatable bonds is 4. The fraction of sp³-hybridized carbons (Fsp3) is 0.571. The zero-order valence-electron chi connectivity index (χ0n) is 10.5. The lowest BCUT2D eigenvalue weighted by Gasteiger charge is -2.31. The number of hydrogen-bond acceptors (Lipinski definition) is 2. The molecule has 1 aromatic rings. The molecule has 1 fully saturated rings. The Hall–Kier alpha value is -0.570. The predicted octanol–water partition coefficient (Wildman–Crippen LogP) is 2.91. The highest BCUT2D eigenvalue weighted by atomic mass is 35.5. The minimum Gasteiger partial charge on any atom is -0.310 e. The highest BCUT2D eigenvalue weighted by Gasteiger charge is 2.16. The Balaban J connectivity index is 1.74. The fourth-order valence-electron chi connectivity index (χ4n) is 2.32. The minimum absolute atomic E-state index is 0.675. The number of benzene rings is 1. The Kier molecular flexibility index (Phi) is 4.84. The number of hydrogen-bond donors (Lipinski definition) is 1. The maximum atomic E-state index is 5.87. The molecule has 0 unspecified atom stereocenters. The van der Waals surface area contributed by atoms with E-state index < -0.39 is 0 Å². The van der Waals surface area contributed by atoms with Gasteiger partial charge in [0.05, 0.1) is 0 Å². The standard InChI is InChI=1S/C14H21ClN2/c1-2-17-9-7-14(8-10-17)16-11-12-3-5-13(15)6-4-12/h3-6,14,16H,2,7-11H2,1H3. The normalized spacial score (nSPS) is 18.5. The second-order valence-corrected chi connectivity index (χ2v) is 5.15. The van der Waals surface area contributed by atoms with Crippen molar-refractivity contribution in [2.75, 3.05) is 19.6 Å². The van der Waals surface area contributed by atoms with Crippen LogP contribution in [0.15, 0.2) is 24.3 Å². The molecule has 0 radical (unpaired) electrons. The monoisotopic (exact) mass is 252 g/mol. The van der Waals surface area contributed by atoms with Crippen molar-refractivity contribution in [3.63, 3.8) is 0 Å². The molecule has 0 amide bonds. The zero-order valence-corrected chi connectivity index (χ0v) is 11.2. The smallest absolute Gasteiger partial charge is 0.0406 e. The van der Waals surface area contributed by atoms with E-state index in [2.05, 4.69) is 29.3 Å². The SMILES string of the molecule is CCN1CCC(NCc2ccc(Cl)cc2)CC1. The molecule has 0 saturated carbocycles. The van der Waals surface area contributed by atoms with Gasteiger partial charge in [-0.15, -0.1) is 0 Å². The maximum absolute atomic E-state index is 5.87. The number of likely N-dealkylation sites (tertiary alicyclic amines) is 1. The van der Waals surface area contributed by atoms with E-state index in [1.807, 2.05) is 12.1 Å². The zero-order chi connectivity index (χ0) is 12.1. The van der Waals surface area contributed by atoms with Gasteiger partial charge in [-0.1, -0.05) is 30.7 Å². The van der Waals surface area contributed by atoms with Crippen LogP contribution in [0.2, 0.25) is 5.02 Å². The van der Waals surface area contributed by atoms with Gasteiger partial charge in [-0.2, -0.15) is 0 Å². The van der Waals surface area contributed by atoms with Crippen molar-refractivity contribution in [3.8, 4) is 0 Å². The number of halogens is 1. The summed E-state index contributed by atoms with van der Waals surface area (Å²) in [6, 6.07) is 8.78. The van der Waals surface area contributed by atoms with E-state index >= 15 is 0 Å². The van der Waals surface area contributed by atoms with E-state index in [0.29, 0.717) is 6.04 Å². The van der Waals surface area contributed by atoms with Gasteiger partial charge in [-0.05, 0) is 50.2 Å². The minimum atomic E-state index is 0.675. The van der Waals surface area contributed by atoms with Gasteiger partial charge in [0.2, 0.25) is 0 Å². The molecule has 1 N–H and O–H groups in total. The molecule has 2 nitrogen and oxygen atoms in total. The van der Waals surface area contributed by atoms with Crippen LogP contribution in [0.1, 0.15) is 25.3 Å². The molecule has 0 spiro atoms. The molecule has 17 heavy (non-hydrogen) atoms. The summed E-state index contributed by atoms with van der Waals surface area (Å²) < 4.78 is 0. The van der Waals surface area contributed by atoms with E-state index in [1.54, 1.807) is 0 Å². The summed E-state index contributed by atoms with van der Waals surface area (Å²) in [5.41, 5.74) is 1.31. The second kappa shape index (κ2) is 6.39. The van der Waals surface area contributed by atoms with Crippen molar-refractivity contribution in [2.24, 2.45) is 0 Å². The molecule has 1 saturated heterocycles. The van der Waals surface area contributed by atoms with Gasteiger partial charge in [0.15, 0.2) is 0 Å². The molecule has 3 heteroatoms. The largest absolute Gasteiger partial charge is 0.310 e. The van der Waals surface area contributed by atoms with Gasteiger partial charge in [-0.25, -0.2) is 0 Å². The van der Waals surface area contributed by atoms with E-state index in [0.717, 1.165) is 11.6 Å². The van der Waals surface area contributed by atoms with Gasteiger partial charge < -0.3 is 10.2 Å². The van der Waals surface area contributed by atoms with Crippen molar-refractivity contribution >= 4 is 11.6 Å². The van der Waals surface area contributed by atoms with Crippen LogP contribution in [0, 0.1) is 0 Å². The lowest BCUT2D eigenvalue weighted by Crippen LogP contribution is -2.42. The molecule has 1 aliphatic heterocycles. The average Bonchev–Trinajstić information content (AvgIpc) is 2.39. The van der Waals surface area contributed by atoms with Crippen LogP contribution in [0.3, 0.4) is 0 Å². The molecule has 0 bridgehead atoms. The van der Waals surface area contributed by atoms with Gasteiger partial charge in [0.1, 0.15) is 0 Å². The van der Waals surface area contributed by atoms with E-state index in [-0.39, 0.29) is 0 Å². The lowest BCUT2D eigenvalue weighted by molar-refractivity contribution is 0.206. The number of nitrogens with zero attached hydrogens (tertiary/aromatic N) is 1. The molecule has 1 heterocycles. The van der Waals surface area contributed by atoms with Crippen LogP contribution >= 0.6 is 11.6 Å². The summed E-state index contributed by atoms with van der Waals surface area (Å²) in [6.45, 7) is 6.84. The first-order chi connectivity index (χ1) is 8.28. The van der Waals surface area contributed by atoms with Crippen molar-refractivity contribution in [1.29, 1.82) is 0 Å². The molecule has 94 valence electrons. The van der Waals surface area contributed by atoms with Gasteiger partial charge in [0.25, 0.3) is 0 Å². The van der Waals surface area contributed by atoms with Crippen LogP contribution in [-0.2, 0) is 6.54 Å². The number of piperidine rings is 1. The third kappa shape index (κ3) is 3.98. The number of nitrogens with one attached hydrogen (secondary N) is 1. The summed E-state index contributed by atoms with van der Waals surface area (Å²) >= 11 is 5.87. The van der Waals surface area contributed by atoms with Gasteiger partial charge in [0, 0.05) is 17.6 Å². The lowest BCUT2D eigenvalue weighted by atomic mass is 10.0. The topological polar surface area (TPSA) is 15.3 Å². The van der Waals surface area contributed by atoms with Crippen LogP contribution in [0.4, 0.5) is 0 Å². The Bertz CT molecular complexity index is 329. The van der Waals surface area contributed by atoms with Crippen molar-refractivity contribution in [2.45, 2.75) is 32.4 Å². The Labute approximate surface area is 109 Å². The van der Waals surface area contributed by atoms with Crippen LogP contribution in [0.5, 0.6) is 0 Å². The Morgan fingerprint density at radius 3 is 2.47 bits per heavy atom. The Morgan fingerprint density at radius 2 is 1.88 bits per heavy atom. The fourth-order valence-corrected chi connectivity index (χ4v) is 2.44. The molecular weight excluding hydrogens is 232 g/mol. The maximum Gasteiger partial charge on any atom is 0.0406 e. The molecule has 0 atom stereocenters. The summed E-state index contributed by atoms with van der Waals surface area (Å²) in [5, 5.41) is 4.44. The van der Waals surface area contributed by atoms with Crippen molar-refractivity contribution < 1.29 is 0 Å². The highest BCUT2D eigenvalue weighted by Crippen LogP contribution is 2.12. The van der Waals surface area contributed by atoms with E-state index in [9.17, 15) is 0 Å². The predicted molar refractivity (Wildman–Crippen MR) is 73.4 cm³/mol.